The molecule has 3 nitrogen and oxygen atoms in total. The van der Waals surface area contributed by atoms with Gasteiger partial charge in [0.25, 0.3) is 0 Å². The second kappa shape index (κ2) is 6.29. The summed E-state index contributed by atoms with van der Waals surface area (Å²) < 4.78 is 0. The van der Waals surface area contributed by atoms with Gasteiger partial charge in [0.05, 0.1) is 0 Å². The molecule has 23 heavy (non-hydrogen) atoms. The van der Waals surface area contributed by atoms with E-state index in [0.717, 1.165) is 11.1 Å². The van der Waals surface area contributed by atoms with Gasteiger partial charge in [-0.1, -0.05) is 62.4 Å². The molecular formula is C20H22N2O. The van der Waals surface area contributed by atoms with Crippen molar-refractivity contribution in [2.75, 3.05) is 0 Å². The molecule has 118 valence electrons. The van der Waals surface area contributed by atoms with E-state index in [0.29, 0.717) is 13.0 Å². The number of hydrogen-bond acceptors (Lipinski definition) is 1. The van der Waals surface area contributed by atoms with Gasteiger partial charge in [-0.3, -0.25) is 4.79 Å². The predicted octanol–water partition coefficient (Wildman–Crippen LogP) is 4.05. The Morgan fingerprint density at radius 1 is 1.04 bits per heavy atom. The minimum absolute atomic E-state index is 0.0756. The van der Waals surface area contributed by atoms with Crippen LogP contribution >= 0.6 is 0 Å². The number of aromatic amines is 1. The summed E-state index contributed by atoms with van der Waals surface area (Å²) in [4.78, 5) is 15.9. The van der Waals surface area contributed by atoms with Gasteiger partial charge in [-0.05, 0) is 23.6 Å². The van der Waals surface area contributed by atoms with Crippen LogP contribution < -0.4 is 5.32 Å². The molecule has 0 bridgehead atoms. The number of rotatable bonds is 5. The zero-order valence-electron chi connectivity index (χ0n) is 13.6. The van der Waals surface area contributed by atoms with Crippen molar-refractivity contribution < 1.29 is 4.79 Å². The molecule has 0 aliphatic carbocycles. The van der Waals surface area contributed by atoms with Gasteiger partial charge in [0.15, 0.2) is 0 Å². The standard InChI is InChI=1S/C20H22N2O/c1-20(2,19(23)22-13-15-8-4-3-5-9-15)12-16-14-21-18-11-7-6-10-17(16)18/h3-11,14,21H,12-13H2,1-2H3,(H,22,23). The molecule has 0 unspecified atom stereocenters. The lowest BCUT2D eigenvalue weighted by Gasteiger charge is -2.23. The Bertz CT molecular complexity index is 803. The lowest BCUT2D eigenvalue weighted by molar-refractivity contribution is -0.129. The monoisotopic (exact) mass is 306 g/mol. The highest BCUT2D eigenvalue weighted by molar-refractivity contribution is 5.86. The molecule has 2 aromatic carbocycles. The van der Waals surface area contributed by atoms with Gasteiger partial charge in [0, 0.05) is 29.1 Å². The lowest BCUT2D eigenvalue weighted by atomic mass is 9.84. The summed E-state index contributed by atoms with van der Waals surface area (Å²) in [5.74, 6) is 0.0756. The van der Waals surface area contributed by atoms with Crippen molar-refractivity contribution in [2.45, 2.75) is 26.8 Å². The summed E-state index contributed by atoms with van der Waals surface area (Å²) in [5, 5.41) is 4.24. The Morgan fingerprint density at radius 3 is 2.52 bits per heavy atom. The van der Waals surface area contributed by atoms with E-state index >= 15 is 0 Å². The van der Waals surface area contributed by atoms with Gasteiger partial charge in [0.2, 0.25) is 5.91 Å². The average molecular weight is 306 g/mol. The highest BCUT2D eigenvalue weighted by Crippen LogP contribution is 2.27. The molecular weight excluding hydrogens is 284 g/mol. The minimum Gasteiger partial charge on any atom is -0.361 e. The number of hydrogen-bond donors (Lipinski definition) is 2. The Morgan fingerprint density at radius 2 is 1.74 bits per heavy atom. The highest BCUT2D eigenvalue weighted by Gasteiger charge is 2.28. The Kier molecular flexibility index (Phi) is 4.20. The SMILES string of the molecule is CC(C)(Cc1c[nH]c2ccccc12)C(=O)NCc1ccccc1. The van der Waals surface area contributed by atoms with E-state index in [4.69, 9.17) is 0 Å². The zero-order valence-corrected chi connectivity index (χ0v) is 13.6. The lowest BCUT2D eigenvalue weighted by Crippen LogP contribution is -2.37. The third-order valence-electron chi connectivity index (χ3n) is 4.22. The van der Waals surface area contributed by atoms with Gasteiger partial charge in [0.1, 0.15) is 0 Å². The van der Waals surface area contributed by atoms with E-state index in [1.165, 1.54) is 10.9 Å². The van der Waals surface area contributed by atoms with Gasteiger partial charge < -0.3 is 10.3 Å². The fraction of sp³-hybridized carbons (Fsp3) is 0.250. The van der Waals surface area contributed by atoms with Gasteiger partial charge in [-0.2, -0.15) is 0 Å². The quantitative estimate of drug-likeness (QED) is 0.734. The average Bonchev–Trinajstić information content (AvgIpc) is 2.96. The third kappa shape index (κ3) is 3.45. The van der Waals surface area contributed by atoms with Crippen molar-refractivity contribution in [1.29, 1.82) is 0 Å². The first-order valence-corrected chi connectivity index (χ1v) is 7.93. The number of benzene rings is 2. The van der Waals surface area contributed by atoms with Crippen LogP contribution in [0.5, 0.6) is 0 Å². The van der Waals surface area contributed by atoms with Gasteiger partial charge >= 0.3 is 0 Å². The number of fused-ring (bicyclic) bond motifs is 1. The number of H-pyrrole nitrogens is 1. The second-order valence-corrected chi connectivity index (χ2v) is 6.59. The number of amides is 1. The van der Waals surface area contributed by atoms with Crippen LogP contribution in [0.1, 0.15) is 25.0 Å². The van der Waals surface area contributed by atoms with Crippen molar-refractivity contribution in [2.24, 2.45) is 5.41 Å². The minimum atomic E-state index is -0.459. The summed E-state index contributed by atoms with van der Waals surface area (Å²) >= 11 is 0. The maximum Gasteiger partial charge on any atom is 0.226 e. The number of carbonyl (C=O) groups is 1. The van der Waals surface area contributed by atoms with Crippen LogP contribution in [0.3, 0.4) is 0 Å². The molecule has 0 atom stereocenters. The molecule has 0 saturated carbocycles. The first-order valence-electron chi connectivity index (χ1n) is 7.93. The van der Waals surface area contributed by atoms with Crippen LogP contribution in [0.25, 0.3) is 10.9 Å². The van der Waals surface area contributed by atoms with Gasteiger partial charge in [-0.15, -0.1) is 0 Å². The smallest absolute Gasteiger partial charge is 0.226 e. The highest BCUT2D eigenvalue weighted by atomic mass is 16.2. The number of carbonyl (C=O) groups excluding carboxylic acids is 1. The van der Waals surface area contributed by atoms with Crippen molar-refractivity contribution in [3.8, 4) is 0 Å². The second-order valence-electron chi connectivity index (χ2n) is 6.59. The normalized spacial score (nSPS) is 11.6. The van der Waals surface area contributed by atoms with Crippen LogP contribution in [0.15, 0.2) is 60.8 Å². The van der Waals surface area contributed by atoms with Crippen molar-refractivity contribution in [1.82, 2.24) is 10.3 Å². The largest absolute Gasteiger partial charge is 0.361 e. The van der Waals surface area contributed by atoms with Gasteiger partial charge in [-0.25, -0.2) is 0 Å². The molecule has 3 rings (SSSR count). The van der Waals surface area contributed by atoms with Crippen molar-refractivity contribution in [3.05, 3.63) is 71.9 Å². The van der Waals surface area contributed by atoms with Crippen molar-refractivity contribution >= 4 is 16.8 Å². The van der Waals surface area contributed by atoms with Crippen LogP contribution in [0.2, 0.25) is 0 Å². The fourth-order valence-electron chi connectivity index (χ4n) is 2.85. The first-order chi connectivity index (χ1) is 11.1. The van der Waals surface area contributed by atoms with E-state index in [9.17, 15) is 4.79 Å². The Labute approximate surface area is 136 Å². The van der Waals surface area contributed by atoms with Crippen LogP contribution in [0, 0.1) is 5.41 Å². The molecule has 0 aliphatic heterocycles. The molecule has 2 N–H and O–H groups in total. The van der Waals surface area contributed by atoms with E-state index < -0.39 is 5.41 Å². The fourth-order valence-corrected chi connectivity index (χ4v) is 2.85. The summed E-state index contributed by atoms with van der Waals surface area (Å²) in [7, 11) is 0. The third-order valence-corrected chi connectivity index (χ3v) is 4.22. The first kappa shape index (κ1) is 15.3. The van der Waals surface area contributed by atoms with Crippen molar-refractivity contribution in [3.63, 3.8) is 0 Å². The number of para-hydroxylation sites is 1. The molecule has 1 amide bonds. The molecule has 3 aromatic rings. The zero-order chi connectivity index (χ0) is 16.3. The van der Waals surface area contributed by atoms with E-state index in [1.54, 1.807) is 0 Å². The molecule has 0 spiro atoms. The summed E-state index contributed by atoms with van der Waals surface area (Å²) in [6, 6.07) is 18.2. The van der Waals surface area contributed by atoms with E-state index in [2.05, 4.69) is 22.4 Å². The Hall–Kier alpha value is -2.55. The summed E-state index contributed by atoms with van der Waals surface area (Å²) in [6.07, 6.45) is 2.72. The van der Waals surface area contributed by atoms with Crippen LogP contribution in [-0.4, -0.2) is 10.9 Å². The maximum atomic E-state index is 12.6. The maximum absolute atomic E-state index is 12.6. The summed E-state index contributed by atoms with van der Waals surface area (Å²) in [5.41, 5.74) is 2.95. The summed E-state index contributed by atoms with van der Waals surface area (Å²) in [6.45, 7) is 4.56. The molecule has 0 aliphatic rings. The number of nitrogens with one attached hydrogen (secondary N) is 2. The van der Waals surface area contributed by atoms with Crippen LogP contribution in [-0.2, 0) is 17.8 Å². The van der Waals surface area contributed by atoms with E-state index in [1.807, 2.05) is 62.5 Å². The molecule has 3 heteroatoms. The predicted molar refractivity (Wildman–Crippen MR) is 94.1 cm³/mol. The molecule has 1 heterocycles. The van der Waals surface area contributed by atoms with E-state index in [-0.39, 0.29) is 5.91 Å². The molecule has 1 aromatic heterocycles. The molecule has 0 fully saturated rings. The number of aromatic nitrogens is 1. The Balaban J connectivity index is 1.69. The molecule has 0 radical (unpaired) electrons. The van der Waals surface area contributed by atoms with Crippen LogP contribution in [0.4, 0.5) is 0 Å². The molecule has 0 saturated heterocycles. The topological polar surface area (TPSA) is 44.9 Å².